The standard InChI is InChI=1S/C26H22N2O2.ClHO4/c1-2-30-26(29)27-28-24(21-14-8-4-9-15-21)18-23(20-12-6-3-7-13-20)19-25(28)22-16-10-5-11-17-22;2-1(3,4)5/h3-19H,2H2,1H3;(H,2,3,4,5). The first-order valence-corrected chi connectivity index (χ1v) is 11.8. The van der Waals surface area contributed by atoms with E-state index in [1.54, 1.807) is 11.6 Å². The maximum atomic E-state index is 12.4. The minimum atomic E-state index is -4.94. The van der Waals surface area contributed by atoms with E-state index in [1.165, 1.54) is 0 Å². The van der Waals surface area contributed by atoms with Crippen molar-refractivity contribution in [3.8, 4) is 33.6 Å². The molecule has 9 heteroatoms. The fourth-order valence-corrected chi connectivity index (χ4v) is 3.41. The number of benzene rings is 3. The van der Waals surface area contributed by atoms with Crippen molar-refractivity contribution in [2.24, 2.45) is 0 Å². The molecule has 0 fully saturated rings. The predicted molar refractivity (Wildman–Crippen MR) is 119 cm³/mol. The van der Waals surface area contributed by atoms with E-state index >= 15 is 0 Å². The Labute approximate surface area is 205 Å². The molecule has 180 valence electrons. The van der Waals surface area contributed by atoms with Crippen molar-refractivity contribution in [1.82, 2.24) is 0 Å². The summed E-state index contributed by atoms with van der Waals surface area (Å²) in [6.07, 6.45) is -0.496. The van der Waals surface area contributed by atoms with Crippen LogP contribution < -0.4 is 28.7 Å². The van der Waals surface area contributed by atoms with Gasteiger partial charge in [-0.25, -0.2) is 23.4 Å². The molecule has 0 unspecified atom stereocenters. The van der Waals surface area contributed by atoms with Crippen molar-refractivity contribution in [2.45, 2.75) is 6.92 Å². The average Bonchev–Trinajstić information content (AvgIpc) is 2.85. The number of carbonyl (C=O) groups excluding carboxylic acids is 1. The van der Waals surface area contributed by atoms with Crippen molar-refractivity contribution in [1.29, 1.82) is 0 Å². The summed E-state index contributed by atoms with van der Waals surface area (Å²) in [6, 6.07) is 34.4. The summed E-state index contributed by atoms with van der Waals surface area (Å²) in [5.41, 5.74) is 8.79. The number of amides is 1. The molecule has 3 aromatic carbocycles. The predicted octanol–water partition coefficient (Wildman–Crippen LogP) is 0.919. The third kappa shape index (κ3) is 7.89. The molecule has 1 amide bonds. The van der Waals surface area contributed by atoms with Crippen LogP contribution in [0, 0.1) is 10.2 Å². The number of aromatic nitrogens is 1. The molecule has 1 heterocycles. The van der Waals surface area contributed by atoms with E-state index in [0.717, 1.165) is 33.6 Å². The van der Waals surface area contributed by atoms with Crippen LogP contribution in [0.15, 0.2) is 103 Å². The number of pyridine rings is 1. The molecule has 1 N–H and O–H groups in total. The smallest absolute Gasteiger partial charge is 0.446 e. The minimum Gasteiger partial charge on any atom is -0.446 e. The number of rotatable bonds is 5. The lowest BCUT2D eigenvalue weighted by molar-refractivity contribution is -2.00. The van der Waals surface area contributed by atoms with Crippen LogP contribution in [-0.4, -0.2) is 12.7 Å². The van der Waals surface area contributed by atoms with Crippen molar-refractivity contribution in [3.63, 3.8) is 0 Å². The fourth-order valence-electron chi connectivity index (χ4n) is 3.41. The number of halogens is 1. The van der Waals surface area contributed by atoms with Crippen molar-refractivity contribution >= 4 is 6.09 Å². The van der Waals surface area contributed by atoms with Gasteiger partial charge in [0.1, 0.15) is 0 Å². The van der Waals surface area contributed by atoms with E-state index in [2.05, 4.69) is 29.7 Å². The van der Waals surface area contributed by atoms with Gasteiger partial charge in [0, 0.05) is 23.3 Å². The maximum absolute atomic E-state index is 12.4. The molecule has 0 radical (unpaired) electrons. The number of nitrogens with one attached hydrogen (secondary N) is 1. The summed E-state index contributed by atoms with van der Waals surface area (Å²) in [5.74, 6) is 0. The van der Waals surface area contributed by atoms with Gasteiger partial charge in [-0.05, 0) is 42.3 Å². The largest absolute Gasteiger partial charge is 0.461 e. The van der Waals surface area contributed by atoms with Gasteiger partial charge >= 0.3 is 6.09 Å². The fraction of sp³-hybridized carbons (Fsp3) is 0.0769. The van der Waals surface area contributed by atoms with Gasteiger partial charge in [0.05, 0.1) is 6.61 Å². The van der Waals surface area contributed by atoms with E-state index in [-0.39, 0.29) is 0 Å². The Bertz CT molecular complexity index is 1170. The topological polar surface area (TPSA) is 134 Å². The Morgan fingerprint density at radius 3 is 1.46 bits per heavy atom. The first kappa shape index (κ1) is 25.8. The van der Waals surface area contributed by atoms with E-state index < -0.39 is 16.3 Å². The molecule has 0 saturated heterocycles. The summed E-state index contributed by atoms with van der Waals surface area (Å²) in [7, 11) is -4.94. The maximum Gasteiger partial charge on any atom is 0.461 e. The molecule has 0 atom stereocenters. The van der Waals surface area contributed by atoms with E-state index in [4.69, 9.17) is 23.4 Å². The summed E-state index contributed by atoms with van der Waals surface area (Å²) in [5, 5.41) is 0. The van der Waals surface area contributed by atoms with Crippen LogP contribution >= 0.6 is 0 Å². The van der Waals surface area contributed by atoms with Crippen LogP contribution in [0.25, 0.3) is 33.6 Å². The molecular weight excluding hydrogens is 472 g/mol. The lowest BCUT2D eigenvalue weighted by Crippen LogP contribution is -2.68. The van der Waals surface area contributed by atoms with Gasteiger partial charge in [0.15, 0.2) is 0 Å². The molecular formula is C26H23ClN2O6. The number of hydrogen-bond acceptors (Lipinski definition) is 6. The third-order valence-electron chi connectivity index (χ3n) is 4.79. The lowest BCUT2D eigenvalue weighted by atomic mass is 10.00. The van der Waals surface area contributed by atoms with Crippen molar-refractivity contribution in [2.75, 3.05) is 12.0 Å². The Kier molecular flexibility index (Phi) is 8.91. The number of carbonyl (C=O) groups is 1. The van der Waals surface area contributed by atoms with E-state index in [0.29, 0.717) is 6.61 Å². The van der Waals surface area contributed by atoms with Crippen molar-refractivity contribution < 1.29 is 43.1 Å². The van der Waals surface area contributed by atoms with Crippen LogP contribution in [-0.2, 0) is 4.74 Å². The number of hydrogen-bond donors (Lipinski definition) is 1. The highest BCUT2D eigenvalue weighted by molar-refractivity contribution is 5.77. The van der Waals surface area contributed by atoms with Crippen LogP contribution in [0.4, 0.5) is 4.79 Å². The van der Waals surface area contributed by atoms with E-state index in [1.807, 2.05) is 78.9 Å². The second-order valence-electron chi connectivity index (χ2n) is 7.16. The van der Waals surface area contributed by atoms with Crippen LogP contribution in [0.1, 0.15) is 6.92 Å². The molecule has 4 aromatic rings. The molecule has 0 bridgehead atoms. The Morgan fingerprint density at radius 2 is 1.09 bits per heavy atom. The molecule has 8 nitrogen and oxygen atoms in total. The zero-order valence-electron chi connectivity index (χ0n) is 18.8. The summed E-state index contributed by atoms with van der Waals surface area (Å²) >= 11 is 0. The normalized spacial score (nSPS) is 10.7. The highest BCUT2D eigenvalue weighted by Gasteiger charge is 2.25. The van der Waals surface area contributed by atoms with Gasteiger partial charge < -0.3 is 4.74 Å². The minimum absolute atomic E-state index is 0.301. The average molecular weight is 495 g/mol. The summed E-state index contributed by atoms with van der Waals surface area (Å²) in [4.78, 5) is 12.4. The van der Waals surface area contributed by atoms with Gasteiger partial charge in [-0.3, -0.25) is 0 Å². The highest BCUT2D eigenvalue weighted by Crippen LogP contribution is 2.28. The molecule has 0 saturated carbocycles. The molecule has 1 aromatic heterocycles. The number of ether oxygens (including phenoxy) is 1. The van der Waals surface area contributed by atoms with Crippen LogP contribution in [0.2, 0.25) is 0 Å². The summed E-state index contributed by atoms with van der Waals surface area (Å²) in [6.45, 7) is 2.09. The molecule has 35 heavy (non-hydrogen) atoms. The molecule has 0 aliphatic heterocycles. The van der Waals surface area contributed by atoms with Crippen LogP contribution in [0.5, 0.6) is 0 Å². The lowest BCUT2D eigenvalue weighted by Gasteiger charge is -2.17. The zero-order valence-corrected chi connectivity index (χ0v) is 19.6. The first-order chi connectivity index (χ1) is 16.8. The van der Waals surface area contributed by atoms with Crippen LogP contribution in [0.3, 0.4) is 0 Å². The Balaban J connectivity index is 0.000000623. The second kappa shape index (κ2) is 12.1. The summed E-state index contributed by atoms with van der Waals surface area (Å²) < 4.78 is 40.9. The van der Waals surface area contributed by atoms with Gasteiger partial charge in [0.2, 0.25) is 11.4 Å². The van der Waals surface area contributed by atoms with Gasteiger partial charge in [-0.15, -0.1) is 10.2 Å². The zero-order chi connectivity index (χ0) is 25.3. The highest BCUT2D eigenvalue weighted by atomic mass is 35.7. The molecule has 0 aliphatic rings. The monoisotopic (exact) mass is 494 g/mol. The molecule has 0 spiro atoms. The van der Waals surface area contributed by atoms with Gasteiger partial charge in [-0.1, -0.05) is 76.8 Å². The first-order valence-electron chi connectivity index (χ1n) is 10.6. The Morgan fingerprint density at radius 1 is 0.714 bits per heavy atom. The van der Waals surface area contributed by atoms with Crippen molar-refractivity contribution in [3.05, 3.63) is 103 Å². The third-order valence-corrected chi connectivity index (χ3v) is 4.79. The SMILES string of the molecule is CCOC(=O)N[n+]1c(-c2ccccc2)cc(-c2ccccc2)cc1-c1ccccc1.[O-][Cl+3]([O-])([O-])[O-]. The quantitative estimate of drug-likeness (QED) is 0.410. The van der Waals surface area contributed by atoms with Gasteiger partial charge in [-0.2, -0.15) is 0 Å². The molecule has 4 rings (SSSR count). The second-order valence-corrected chi connectivity index (χ2v) is 7.91. The van der Waals surface area contributed by atoms with E-state index in [9.17, 15) is 4.79 Å². The number of nitrogens with zero attached hydrogens (tertiary/aromatic N) is 1. The Hall–Kier alpha value is -3.79. The van der Waals surface area contributed by atoms with Gasteiger partial charge in [0.25, 0.3) is 0 Å². The molecule has 0 aliphatic carbocycles.